The molecule has 4 N–H and O–H groups in total. The van der Waals surface area contributed by atoms with E-state index in [1.165, 1.54) is 12.8 Å². The lowest BCUT2D eigenvalue weighted by Crippen LogP contribution is -2.31. The second-order valence-corrected chi connectivity index (χ2v) is 4.85. The lowest BCUT2D eigenvalue weighted by molar-refractivity contribution is -0.0404. The van der Waals surface area contributed by atoms with Crippen molar-refractivity contribution in [2.45, 2.75) is 44.2 Å². The summed E-state index contributed by atoms with van der Waals surface area (Å²) in [5.41, 5.74) is 0. The fraction of sp³-hybridized carbons (Fsp3) is 1.00. The molecule has 1 fully saturated rings. The minimum atomic E-state index is -1.20. The lowest BCUT2D eigenvalue weighted by atomic mass is 10.4. The van der Waals surface area contributed by atoms with Crippen LogP contribution in [0, 0.1) is 0 Å². The Morgan fingerprint density at radius 1 is 1.14 bits per heavy atom. The fourth-order valence-corrected chi connectivity index (χ4v) is 2.06. The van der Waals surface area contributed by atoms with E-state index in [1.807, 2.05) is 0 Å². The molecule has 4 nitrogen and oxygen atoms in total. The topological polar surface area (TPSA) is 72.7 Å². The van der Waals surface area contributed by atoms with Crippen molar-refractivity contribution in [2.24, 2.45) is 0 Å². The molecule has 0 amide bonds. The van der Waals surface area contributed by atoms with E-state index in [9.17, 15) is 5.11 Å². The van der Waals surface area contributed by atoms with Gasteiger partial charge in [0.2, 0.25) is 0 Å². The number of aliphatic hydroxyl groups excluding tert-OH is 2. The molecule has 1 unspecified atom stereocenters. The minimum absolute atomic E-state index is 0.394. The minimum Gasteiger partial charge on any atom is -0.379 e. The summed E-state index contributed by atoms with van der Waals surface area (Å²) in [5.74, 6) is 1.58. The fourth-order valence-electron chi connectivity index (χ4n) is 1.09. The van der Waals surface area contributed by atoms with Crippen molar-refractivity contribution >= 4 is 11.8 Å². The Kier molecular flexibility index (Phi) is 5.81. The standard InChI is InChI=1S/C9H19NO3S/c11-8(10-7-1-2-7)3-5-14-6-4-9(12)13/h7-13H,1-6H2. The van der Waals surface area contributed by atoms with Crippen LogP contribution in [-0.2, 0) is 0 Å². The highest BCUT2D eigenvalue weighted by Crippen LogP contribution is 2.19. The Hall–Kier alpha value is 0.190. The summed E-state index contributed by atoms with van der Waals surface area (Å²) in [6.45, 7) is 0. The summed E-state index contributed by atoms with van der Waals surface area (Å²) < 4.78 is 0. The van der Waals surface area contributed by atoms with Gasteiger partial charge < -0.3 is 15.3 Å². The lowest BCUT2D eigenvalue weighted by Gasteiger charge is -2.11. The molecule has 1 rings (SSSR count). The molecular formula is C9H19NO3S. The quantitative estimate of drug-likeness (QED) is 0.340. The average molecular weight is 221 g/mol. The van der Waals surface area contributed by atoms with Gasteiger partial charge in [-0.05, 0) is 30.8 Å². The monoisotopic (exact) mass is 221 g/mol. The van der Waals surface area contributed by atoms with E-state index in [2.05, 4.69) is 5.32 Å². The Morgan fingerprint density at radius 3 is 2.36 bits per heavy atom. The molecule has 0 aliphatic heterocycles. The predicted molar refractivity (Wildman–Crippen MR) is 56.9 cm³/mol. The molecule has 1 saturated carbocycles. The van der Waals surface area contributed by atoms with Crippen molar-refractivity contribution in [3.05, 3.63) is 0 Å². The van der Waals surface area contributed by atoms with Gasteiger partial charge in [-0.1, -0.05) is 0 Å². The maximum absolute atomic E-state index is 9.44. The molecule has 84 valence electrons. The van der Waals surface area contributed by atoms with Crippen LogP contribution in [0.5, 0.6) is 0 Å². The zero-order valence-corrected chi connectivity index (χ0v) is 9.04. The first kappa shape index (κ1) is 12.3. The Balaban J connectivity index is 1.82. The highest BCUT2D eigenvalue weighted by Gasteiger charge is 2.23. The van der Waals surface area contributed by atoms with Crippen molar-refractivity contribution in [2.75, 3.05) is 11.5 Å². The Bertz CT molecular complexity index is 153. The number of rotatable bonds is 8. The van der Waals surface area contributed by atoms with E-state index in [-0.39, 0.29) is 0 Å². The molecular weight excluding hydrogens is 202 g/mol. The molecule has 1 atom stereocenters. The highest BCUT2D eigenvalue weighted by molar-refractivity contribution is 7.99. The summed E-state index contributed by atoms with van der Waals surface area (Å²) in [7, 11) is 0. The molecule has 0 heterocycles. The normalized spacial score (nSPS) is 18.9. The molecule has 0 aromatic carbocycles. The van der Waals surface area contributed by atoms with E-state index >= 15 is 0 Å². The summed E-state index contributed by atoms with van der Waals surface area (Å²) in [5, 5.41) is 29.7. The highest BCUT2D eigenvalue weighted by atomic mass is 32.2. The van der Waals surface area contributed by atoms with Crippen LogP contribution in [0.15, 0.2) is 0 Å². The van der Waals surface area contributed by atoms with Crippen LogP contribution in [0.1, 0.15) is 25.7 Å². The van der Waals surface area contributed by atoms with Crippen LogP contribution in [0.3, 0.4) is 0 Å². The molecule has 1 aliphatic rings. The van der Waals surface area contributed by atoms with Gasteiger partial charge in [0.25, 0.3) is 0 Å². The van der Waals surface area contributed by atoms with Crippen molar-refractivity contribution < 1.29 is 15.3 Å². The smallest absolute Gasteiger partial charge is 0.152 e. The zero-order chi connectivity index (χ0) is 10.4. The van der Waals surface area contributed by atoms with Gasteiger partial charge in [0.1, 0.15) is 6.23 Å². The van der Waals surface area contributed by atoms with E-state index in [0.717, 1.165) is 17.9 Å². The third kappa shape index (κ3) is 6.62. The van der Waals surface area contributed by atoms with Crippen LogP contribution in [0.4, 0.5) is 0 Å². The number of hydrogen-bond acceptors (Lipinski definition) is 5. The van der Waals surface area contributed by atoms with Gasteiger partial charge in [-0.15, -0.1) is 0 Å². The Morgan fingerprint density at radius 2 is 1.79 bits per heavy atom. The maximum atomic E-state index is 9.44. The number of nitrogens with one attached hydrogen (secondary N) is 1. The van der Waals surface area contributed by atoms with Crippen LogP contribution < -0.4 is 5.32 Å². The summed E-state index contributed by atoms with van der Waals surface area (Å²) >= 11 is 1.64. The van der Waals surface area contributed by atoms with Gasteiger partial charge >= 0.3 is 0 Å². The largest absolute Gasteiger partial charge is 0.379 e. The number of hydrogen-bond donors (Lipinski definition) is 4. The average Bonchev–Trinajstić information content (AvgIpc) is 2.87. The second-order valence-electron chi connectivity index (χ2n) is 3.63. The number of aliphatic hydroxyl groups is 3. The summed E-state index contributed by atoms with van der Waals surface area (Å²) in [6.07, 6.45) is 1.90. The van der Waals surface area contributed by atoms with Crippen LogP contribution >= 0.6 is 11.8 Å². The third-order valence-electron chi connectivity index (χ3n) is 2.06. The van der Waals surface area contributed by atoms with E-state index in [4.69, 9.17) is 10.2 Å². The van der Waals surface area contributed by atoms with Gasteiger partial charge in [0, 0.05) is 12.5 Å². The zero-order valence-electron chi connectivity index (χ0n) is 8.22. The predicted octanol–water partition coefficient (Wildman–Crippen LogP) is -0.119. The van der Waals surface area contributed by atoms with Gasteiger partial charge in [-0.2, -0.15) is 11.8 Å². The number of thioether (sulfide) groups is 1. The van der Waals surface area contributed by atoms with E-state index in [1.54, 1.807) is 11.8 Å². The Labute approximate surface area is 88.7 Å². The van der Waals surface area contributed by atoms with E-state index in [0.29, 0.717) is 12.5 Å². The van der Waals surface area contributed by atoms with Gasteiger partial charge in [-0.25, -0.2) is 0 Å². The SMILES string of the molecule is OC(O)CCSCCC(O)NC1CC1. The molecule has 0 saturated heterocycles. The molecule has 14 heavy (non-hydrogen) atoms. The first-order chi connectivity index (χ1) is 6.68. The van der Waals surface area contributed by atoms with Gasteiger partial charge in [-0.3, -0.25) is 5.32 Å². The van der Waals surface area contributed by atoms with Crippen molar-refractivity contribution in [3.8, 4) is 0 Å². The van der Waals surface area contributed by atoms with Crippen LogP contribution in [0.25, 0.3) is 0 Å². The van der Waals surface area contributed by atoms with Crippen molar-refractivity contribution in [1.29, 1.82) is 0 Å². The third-order valence-corrected chi connectivity index (χ3v) is 3.11. The molecule has 0 spiro atoms. The molecule has 0 aromatic rings. The molecule has 0 radical (unpaired) electrons. The van der Waals surface area contributed by atoms with E-state index < -0.39 is 12.5 Å². The van der Waals surface area contributed by atoms with Crippen molar-refractivity contribution in [3.63, 3.8) is 0 Å². The molecule has 5 heteroatoms. The van der Waals surface area contributed by atoms with Crippen LogP contribution in [-0.4, -0.2) is 45.4 Å². The first-order valence-corrected chi connectivity index (χ1v) is 6.22. The van der Waals surface area contributed by atoms with Crippen molar-refractivity contribution in [1.82, 2.24) is 5.32 Å². The van der Waals surface area contributed by atoms with Gasteiger partial charge in [0.15, 0.2) is 6.29 Å². The van der Waals surface area contributed by atoms with Gasteiger partial charge in [0.05, 0.1) is 0 Å². The molecule has 0 aromatic heterocycles. The second kappa shape index (κ2) is 6.63. The first-order valence-electron chi connectivity index (χ1n) is 5.06. The maximum Gasteiger partial charge on any atom is 0.152 e. The molecule has 0 bridgehead atoms. The summed E-state index contributed by atoms with van der Waals surface area (Å²) in [4.78, 5) is 0. The summed E-state index contributed by atoms with van der Waals surface area (Å²) in [6, 6.07) is 0.536. The van der Waals surface area contributed by atoms with Crippen LogP contribution in [0.2, 0.25) is 0 Å². The molecule has 1 aliphatic carbocycles.